The molecule has 0 aliphatic rings. The molecule has 2 aromatic carbocycles. The maximum Gasteiger partial charge on any atom is 0.264 e. The molecule has 0 spiro atoms. The standard InChI is InChI=1S/C29H40FN3O6S2/c1-5-8-27(35)33(14-13-31-29(37)23(18-40)15-19(2)3)17-22-12-11-21(16-25(22)30)24-9-6-7-10-26(24)41(38,39)32-28(36)20(4)34/h6-7,9-12,16,19-20,23,34,40H,5,8,13-15,17-18H2,1-4H3,(H,31,37)(H,32,36)/t20-,23+/m0/s1. The van der Waals surface area contributed by atoms with Crippen LogP contribution in [0, 0.1) is 17.7 Å². The fourth-order valence-corrected chi connectivity index (χ4v) is 5.81. The van der Waals surface area contributed by atoms with Crippen LogP contribution in [0.5, 0.6) is 0 Å². The molecule has 0 heterocycles. The molecule has 0 aliphatic carbocycles. The number of benzene rings is 2. The number of nitrogens with zero attached hydrogens (tertiary/aromatic N) is 1. The summed E-state index contributed by atoms with van der Waals surface area (Å²) in [6, 6.07) is 9.99. The summed E-state index contributed by atoms with van der Waals surface area (Å²) in [5.41, 5.74) is 0.629. The van der Waals surface area contributed by atoms with Crippen molar-refractivity contribution in [2.75, 3.05) is 18.8 Å². The Balaban J connectivity index is 2.25. The van der Waals surface area contributed by atoms with E-state index in [1.165, 1.54) is 41.3 Å². The van der Waals surface area contributed by atoms with Crippen LogP contribution in [0.4, 0.5) is 4.39 Å². The summed E-state index contributed by atoms with van der Waals surface area (Å²) in [6.45, 7) is 7.43. The molecule has 0 fully saturated rings. The Morgan fingerprint density at radius 1 is 1.07 bits per heavy atom. The predicted molar refractivity (Wildman–Crippen MR) is 159 cm³/mol. The third kappa shape index (κ3) is 10.1. The number of nitrogens with one attached hydrogen (secondary N) is 2. The third-order valence-corrected chi connectivity index (χ3v) is 8.21. The van der Waals surface area contributed by atoms with Crippen LogP contribution in [0.25, 0.3) is 11.1 Å². The first-order valence-corrected chi connectivity index (χ1v) is 15.7. The fraction of sp³-hybridized carbons (Fsp3) is 0.483. The third-order valence-electron chi connectivity index (χ3n) is 6.36. The number of carbonyl (C=O) groups excluding carboxylic acids is 3. The lowest BCUT2D eigenvalue weighted by atomic mass is 9.98. The largest absolute Gasteiger partial charge is 0.384 e. The highest BCUT2D eigenvalue weighted by molar-refractivity contribution is 7.90. The molecule has 226 valence electrons. The van der Waals surface area contributed by atoms with Crippen molar-refractivity contribution >= 4 is 40.4 Å². The minimum atomic E-state index is -4.35. The first-order chi connectivity index (χ1) is 19.3. The summed E-state index contributed by atoms with van der Waals surface area (Å²) in [7, 11) is -4.35. The molecule has 9 nitrogen and oxygen atoms in total. The van der Waals surface area contributed by atoms with Crippen molar-refractivity contribution in [3.05, 3.63) is 53.8 Å². The lowest BCUT2D eigenvalue weighted by Gasteiger charge is -2.24. The normalized spacial score (nSPS) is 13.0. The molecule has 0 aliphatic heterocycles. The van der Waals surface area contributed by atoms with E-state index in [2.05, 4.69) is 17.9 Å². The Hall–Kier alpha value is -2.96. The van der Waals surface area contributed by atoms with Crippen molar-refractivity contribution in [1.82, 2.24) is 14.9 Å². The van der Waals surface area contributed by atoms with Gasteiger partial charge in [0.1, 0.15) is 11.9 Å². The van der Waals surface area contributed by atoms with E-state index in [1.807, 2.05) is 25.5 Å². The summed E-state index contributed by atoms with van der Waals surface area (Å²) in [5, 5.41) is 12.3. The Kier molecular flexibility index (Phi) is 13.3. The smallest absolute Gasteiger partial charge is 0.264 e. The molecule has 12 heteroatoms. The number of halogens is 1. The van der Waals surface area contributed by atoms with Gasteiger partial charge in [-0.3, -0.25) is 14.4 Å². The Bertz CT molecular complexity index is 1320. The highest BCUT2D eigenvalue weighted by Gasteiger charge is 2.24. The van der Waals surface area contributed by atoms with E-state index in [1.54, 1.807) is 6.07 Å². The van der Waals surface area contributed by atoms with Crippen molar-refractivity contribution in [3.63, 3.8) is 0 Å². The van der Waals surface area contributed by atoms with Gasteiger partial charge in [0.05, 0.1) is 4.90 Å². The summed E-state index contributed by atoms with van der Waals surface area (Å²) >= 11 is 4.28. The number of amides is 3. The van der Waals surface area contributed by atoms with Gasteiger partial charge in [-0.25, -0.2) is 17.5 Å². The molecule has 3 N–H and O–H groups in total. The highest BCUT2D eigenvalue weighted by atomic mass is 32.2. The van der Waals surface area contributed by atoms with Crippen molar-refractivity contribution in [3.8, 4) is 11.1 Å². The summed E-state index contributed by atoms with van der Waals surface area (Å²) < 4.78 is 42.8. The van der Waals surface area contributed by atoms with Crippen LogP contribution in [0.2, 0.25) is 0 Å². The van der Waals surface area contributed by atoms with Gasteiger partial charge in [-0.2, -0.15) is 12.6 Å². The second kappa shape index (κ2) is 15.9. The molecule has 41 heavy (non-hydrogen) atoms. The van der Waals surface area contributed by atoms with Crippen LogP contribution < -0.4 is 10.0 Å². The quantitative estimate of drug-likeness (QED) is 0.229. The van der Waals surface area contributed by atoms with Crippen LogP contribution in [-0.2, 0) is 31.0 Å². The van der Waals surface area contributed by atoms with Gasteiger partial charge in [0.25, 0.3) is 15.9 Å². The zero-order valence-corrected chi connectivity index (χ0v) is 25.6. The van der Waals surface area contributed by atoms with Crippen LogP contribution in [0.3, 0.4) is 0 Å². The zero-order chi connectivity index (χ0) is 30.7. The van der Waals surface area contributed by atoms with Gasteiger partial charge < -0.3 is 15.3 Å². The zero-order valence-electron chi connectivity index (χ0n) is 23.9. The molecule has 2 aromatic rings. The maximum absolute atomic E-state index is 15.3. The van der Waals surface area contributed by atoms with E-state index >= 15 is 4.39 Å². The van der Waals surface area contributed by atoms with Gasteiger partial charge in [0, 0.05) is 48.9 Å². The number of aliphatic hydroxyl groups is 1. The van der Waals surface area contributed by atoms with Crippen LogP contribution >= 0.6 is 12.6 Å². The number of aliphatic hydroxyl groups excluding tert-OH is 1. The molecule has 2 atom stereocenters. The number of hydrogen-bond acceptors (Lipinski definition) is 7. The van der Waals surface area contributed by atoms with Gasteiger partial charge in [0.15, 0.2) is 0 Å². The van der Waals surface area contributed by atoms with Gasteiger partial charge in [-0.05, 0) is 43.4 Å². The van der Waals surface area contributed by atoms with Crippen LogP contribution in [-0.4, -0.2) is 61.1 Å². The van der Waals surface area contributed by atoms with Crippen molar-refractivity contribution in [1.29, 1.82) is 0 Å². The maximum atomic E-state index is 15.3. The molecular formula is C29H40FN3O6S2. The van der Waals surface area contributed by atoms with Crippen LogP contribution in [0.1, 0.15) is 52.5 Å². The average Bonchev–Trinajstić information content (AvgIpc) is 2.91. The fourth-order valence-electron chi connectivity index (χ4n) is 4.22. The number of rotatable bonds is 15. The molecule has 0 radical (unpaired) electrons. The Morgan fingerprint density at radius 3 is 2.34 bits per heavy atom. The topological polar surface area (TPSA) is 133 Å². The first-order valence-electron chi connectivity index (χ1n) is 13.6. The van der Waals surface area contributed by atoms with Gasteiger partial charge >= 0.3 is 0 Å². The minimum absolute atomic E-state index is 0.0345. The molecule has 0 saturated carbocycles. The predicted octanol–water partition coefficient (Wildman–Crippen LogP) is 3.52. The molecule has 2 rings (SSSR count). The Labute approximate surface area is 247 Å². The van der Waals surface area contributed by atoms with E-state index in [0.717, 1.165) is 6.92 Å². The van der Waals surface area contributed by atoms with Crippen molar-refractivity contribution in [2.24, 2.45) is 11.8 Å². The van der Waals surface area contributed by atoms with E-state index in [0.29, 0.717) is 24.5 Å². The van der Waals surface area contributed by atoms with Gasteiger partial charge in [-0.15, -0.1) is 0 Å². The van der Waals surface area contributed by atoms with E-state index in [-0.39, 0.29) is 65.4 Å². The molecule has 0 aromatic heterocycles. The van der Waals surface area contributed by atoms with Crippen molar-refractivity contribution < 1.29 is 32.3 Å². The minimum Gasteiger partial charge on any atom is -0.384 e. The molecule has 0 bridgehead atoms. The second-order valence-corrected chi connectivity index (χ2v) is 12.3. The molecular weight excluding hydrogens is 569 g/mol. The monoisotopic (exact) mass is 609 g/mol. The van der Waals surface area contributed by atoms with Crippen LogP contribution in [0.15, 0.2) is 47.4 Å². The number of carbonyl (C=O) groups is 3. The van der Waals surface area contributed by atoms with Crippen molar-refractivity contribution in [2.45, 2.75) is 64.5 Å². The Morgan fingerprint density at radius 2 is 1.76 bits per heavy atom. The molecule has 0 saturated heterocycles. The molecule has 3 amide bonds. The van der Waals surface area contributed by atoms with E-state index in [4.69, 9.17) is 0 Å². The lowest BCUT2D eigenvalue weighted by molar-refractivity contribution is -0.132. The van der Waals surface area contributed by atoms with E-state index in [9.17, 15) is 27.9 Å². The SMILES string of the molecule is CCCC(=O)N(CCNC(=O)[C@@H](CS)CC(C)C)Cc1ccc(-c2ccccc2S(=O)(=O)NC(=O)[C@H](C)O)cc1F. The highest BCUT2D eigenvalue weighted by Crippen LogP contribution is 2.29. The number of thiol groups is 1. The van der Waals surface area contributed by atoms with Gasteiger partial charge in [-0.1, -0.05) is 51.1 Å². The first kappa shape index (κ1) is 34.2. The molecule has 0 unspecified atom stereocenters. The van der Waals surface area contributed by atoms with E-state index < -0.39 is 27.9 Å². The average molecular weight is 610 g/mol. The number of hydrogen-bond donors (Lipinski definition) is 4. The summed E-state index contributed by atoms with van der Waals surface area (Å²) in [6.07, 6.45) is 0.0347. The lowest BCUT2D eigenvalue weighted by Crippen LogP contribution is -2.40. The number of sulfonamides is 1. The van der Waals surface area contributed by atoms with Gasteiger partial charge in [0.2, 0.25) is 11.8 Å². The summed E-state index contributed by atoms with van der Waals surface area (Å²) in [5.74, 6) is -1.54. The summed E-state index contributed by atoms with van der Waals surface area (Å²) in [4.78, 5) is 38.4. The second-order valence-electron chi connectivity index (χ2n) is 10.3.